The fraction of sp³-hybridized carbons (Fsp3) is 0.222. The van der Waals surface area contributed by atoms with Gasteiger partial charge in [0.25, 0.3) is 10.0 Å². The minimum absolute atomic E-state index is 0.0413. The maximum Gasteiger partial charge on any atom is 0.276 e. The number of hydrogen-bond acceptors (Lipinski definition) is 3. The standard InChI is InChI=1S/C27H29N3O2S/c1-20-9-5-6-10-21(20)18-30-19-22(25-11-7-8-12-26(25)30)17-28-29-33(31,32)24-15-13-23(14-16-24)27(2,3)4/h5-17,19,29H,18H2,1-4H3/b28-17+. The average Bonchev–Trinajstić information content (AvgIpc) is 3.12. The lowest BCUT2D eigenvalue weighted by atomic mass is 9.87. The van der Waals surface area contributed by atoms with Crippen LogP contribution in [0.15, 0.2) is 89.0 Å². The van der Waals surface area contributed by atoms with Crippen molar-refractivity contribution < 1.29 is 8.42 Å². The Morgan fingerprint density at radius 3 is 2.30 bits per heavy atom. The van der Waals surface area contributed by atoms with Crippen LogP contribution < -0.4 is 4.83 Å². The molecule has 1 aromatic heterocycles. The largest absolute Gasteiger partial charge is 0.342 e. The number of nitrogens with one attached hydrogen (secondary N) is 1. The fourth-order valence-corrected chi connectivity index (χ4v) is 4.62. The predicted octanol–water partition coefficient (Wildman–Crippen LogP) is 5.61. The second-order valence-corrected chi connectivity index (χ2v) is 10.9. The molecule has 5 nitrogen and oxygen atoms in total. The summed E-state index contributed by atoms with van der Waals surface area (Å²) in [6.07, 6.45) is 3.57. The van der Waals surface area contributed by atoms with Crippen molar-refractivity contribution in [3.63, 3.8) is 0 Å². The van der Waals surface area contributed by atoms with Gasteiger partial charge in [-0.2, -0.15) is 13.5 Å². The van der Waals surface area contributed by atoms with Crippen molar-refractivity contribution in [1.29, 1.82) is 0 Å². The Balaban J connectivity index is 1.57. The van der Waals surface area contributed by atoms with E-state index in [1.807, 2.05) is 48.7 Å². The van der Waals surface area contributed by atoms with Gasteiger partial charge in [-0.1, -0.05) is 75.4 Å². The summed E-state index contributed by atoms with van der Waals surface area (Å²) in [7, 11) is -3.75. The van der Waals surface area contributed by atoms with Gasteiger partial charge in [-0.05, 0) is 47.2 Å². The molecular weight excluding hydrogens is 430 g/mol. The van der Waals surface area contributed by atoms with Gasteiger partial charge in [0.2, 0.25) is 0 Å². The molecule has 0 spiro atoms. The molecule has 0 amide bonds. The molecule has 0 fully saturated rings. The third kappa shape index (κ3) is 5.01. The molecule has 0 aliphatic heterocycles. The number of benzene rings is 3. The zero-order valence-corrected chi connectivity index (χ0v) is 20.2. The number of nitrogens with zero attached hydrogens (tertiary/aromatic N) is 2. The molecular formula is C27H29N3O2S. The normalized spacial score (nSPS) is 12.5. The molecule has 0 radical (unpaired) electrons. The average molecular weight is 460 g/mol. The lowest BCUT2D eigenvalue weighted by Crippen LogP contribution is -2.19. The summed E-state index contributed by atoms with van der Waals surface area (Å²) in [6.45, 7) is 9.11. The highest BCUT2D eigenvalue weighted by atomic mass is 32.2. The first-order chi connectivity index (χ1) is 15.6. The third-order valence-electron chi connectivity index (χ3n) is 5.83. The van der Waals surface area contributed by atoms with Gasteiger partial charge in [-0.15, -0.1) is 0 Å². The minimum atomic E-state index is -3.75. The van der Waals surface area contributed by atoms with Crippen molar-refractivity contribution in [2.75, 3.05) is 0 Å². The number of para-hydroxylation sites is 1. The summed E-state index contributed by atoms with van der Waals surface area (Å²) >= 11 is 0. The molecule has 0 aliphatic rings. The van der Waals surface area contributed by atoms with Crippen molar-refractivity contribution in [2.24, 2.45) is 5.10 Å². The van der Waals surface area contributed by atoms with Gasteiger partial charge < -0.3 is 4.57 Å². The van der Waals surface area contributed by atoms with Gasteiger partial charge in [0, 0.05) is 29.2 Å². The molecule has 0 saturated heterocycles. The summed E-state index contributed by atoms with van der Waals surface area (Å²) in [6, 6.07) is 23.3. The lowest BCUT2D eigenvalue weighted by Gasteiger charge is -2.19. The van der Waals surface area contributed by atoms with Crippen LogP contribution in [0.5, 0.6) is 0 Å². The van der Waals surface area contributed by atoms with Crippen LogP contribution in [0.3, 0.4) is 0 Å². The number of rotatable bonds is 6. The van der Waals surface area contributed by atoms with Crippen LogP contribution in [0.4, 0.5) is 0 Å². The van der Waals surface area contributed by atoms with E-state index < -0.39 is 10.0 Å². The quantitative estimate of drug-likeness (QED) is 0.301. The van der Waals surface area contributed by atoms with E-state index in [0.29, 0.717) is 0 Å². The Labute approximate surface area is 195 Å². The molecule has 0 saturated carbocycles. The highest BCUT2D eigenvalue weighted by Crippen LogP contribution is 2.24. The molecule has 170 valence electrons. The van der Waals surface area contributed by atoms with Crippen LogP contribution in [0, 0.1) is 6.92 Å². The Morgan fingerprint density at radius 2 is 1.61 bits per heavy atom. The van der Waals surface area contributed by atoms with Crippen LogP contribution in [-0.4, -0.2) is 19.2 Å². The topological polar surface area (TPSA) is 63.5 Å². The van der Waals surface area contributed by atoms with E-state index in [-0.39, 0.29) is 10.3 Å². The van der Waals surface area contributed by atoms with Crippen molar-refractivity contribution in [2.45, 2.75) is 44.6 Å². The van der Waals surface area contributed by atoms with Crippen LogP contribution in [0.1, 0.15) is 43.0 Å². The van der Waals surface area contributed by atoms with Gasteiger partial charge in [-0.3, -0.25) is 0 Å². The second kappa shape index (κ2) is 8.87. The molecule has 4 rings (SSSR count). The van der Waals surface area contributed by atoms with Crippen LogP contribution in [0.25, 0.3) is 10.9 Å². The first kappa shape index (κ1) is 22.8. The van der Waals surface area contributed by atoms with Gasteiger partial charge >= 0.3 is 0 Å². The Morgan fingerprint density at radius 1 is 0.939 bits per heavy atom. The van der Waals surface area contributed by atoms with Crippen molar-refractivity contribution in [1.82, 2.24) is 9.40 Å². The molecule has 0 bridgehead atoms. The van der Waals surface area contributed by atoms with E-state index in [1.54, 1.807) is 18.3 Å². The van der Waals surface area contributed by atoms with E-state index in [0.717, 1.165) is 28.6 Å². The van der Waals surface area contributed by atoms with E-state index >= 15 is 0 Å². The monoisotopic (exact) mass is 459 g/mol. The summed E-state index contributed by atoms with van der Waals surface area (Å²) in [5.74, 6) is 0. The van der Waals surface area contributed by atoms with E-state index in [1.165, 1.54) is 11.1 Å². The molecule has 0 unspecified atom stereocenters. The number of fused-ring (bicyclic) bond motifs is 1. The maximum absolute atomic E-state index is 12.7. The molecule has 33 heavy (non-hydrogen) atoms. The van der Waals surface area contributed by atoms with Crippen LogP contribution in [-0.2, 0) is 22.0 Å². The molecule has 3 aromatic carbocycles. The number of aryl methyl sites for hydroxylation is 1. The van der Waals surface area contributed by atoms with Crippen molar-refractivity contribution in [3.05, 3.63) is 101 Å². The second-order valence-electron chi connectivity index (χ2n) is 9.28. The molecule has 4 aromatic rings. The summed E-state index contributed by atoms with van der Waals surface area (Å²) in [4.78, 5) is 2.54. The van der Waals surface area contributed by atoms with E-state index in [9.17, 15) is 8.42 Å². The number of hydrogen-bond donors (Lipinski definition) is 1. The fourth-order valence-electron chi connectivity index (χ4n) is 3.83. The lowest BCUT2D eigenvalue weighted by molar-refractivity contribution is 0.580. The number of sulfonamides is 1. The smallest absolute Gasteiger partial charge is 0.276 e. The first-order valence-electron chi connectivity index (χ1n) is 10.9. The Hall–Kier alpha value is -3.38. The maximum atomic E-state index is 12.7. The SMILES string of the molecule is Cc1ccccc1Cn1cc(/C=N/NS(=O)(=O)c2ccc(C(C)(C)C)cc2)c2ccccc21. The van der Waals surface area contributed by atoms with E-state index in [4.69, 9.17) is 0 Å². The third-order valence-corrected chi connectivity index (χ3v) is 7.07. The molecule has 1 heterocycles. The molecule has 0 aliphatic carbocycles. The Bertz CT molecular complexity index is 1410. The first-order valence-corrected chi connectivity index (χ1v) is 12.4. The summed E-state index contributed by atoms with van der Waals surface area (Å²) in [5.41, 5.74) is 5.43. The van der Waals surface area contributed by atoms with Crippen LogP contribution in [0.2, 0.25) is 0 Å². The zero-order valence-electron chi connectivity index (χ0n) is 19.4. The van der Waals surface area contributed by atoms with Crippen molar-refractivity contribution in [3.8, 4) is 0 Å². The van der Waals surface area contributed by atoms with Gasteiger partial charge in [0.05, 0.1) is 11.1 Å². The highest BCUT2D eigenvalue weighted by Gasteiger charge is 2.17. The Kier molecular flexibility index (Phi) is 6.13. The molecule has 0 atom stereocenters. The molecule has 1 N–H and O–H groups in total. The van der Waals surface area contributed by atoms with Gasteiger partial charge in [-0.25, -0.2) is 4.83 Å². The zero-order chi connectivity index (χ0) is 23.6. The number of hydrazone groups is 1. The molecule has 6 heteroatoms. The van der Waals surface area contributed by atoms with Gasteiger partial charge in [0.1, 0.15) is 0 Å². The van der Waals surface area contributed by atoms with Crippen molar-refractivity contribution >= 4 is 27.1 Å². The predicted molar refractivity (Wildman–Crippen MR) is 135 cm³/mol. The highest BCUT2D eigenvalue weighted by molar-refractivity contribution is 7.89. The summed E-state index contributed by atoms with van der Waals surface area (Å²) < 4.78 is 27.6. The minimum Gasteiger partial charge on any atom is -0.342 e. The van der Waals surface area contributed by atoms with Crippen LogP contribution >= 0.6 is 0 Å². The summed E-state index contributed by atoms with van der Waals surface area (Å²) in [5, 5.41) is 5.09. The van der Waals surface area contributed by atoms with Gasteiger partial charge in [0.15, 0.2) is 0 Å². The van der Waals surface area contributed by atoms with E-state index in [2.05, 4.69) is 60.4 Å². The number of aromatic nitrogens is 1.